The van der Waals surface area contributed by atoms with Crippen molar-refractivity contribution in [3.8, 4) is 0 Å². The molecule has 2 nitrogen and oxygen atoms in total. The molecule has 0 spiro atoms. The van der Waals surface area contributed by atoms with E-state index in [9.17, 15) is 4.79 Å². The van der Waals surface area contributed by atoms with Gasteiger partial charge in [-0.25, -0.2) is 0 Å². The van der Waals surface area contributed by atoms with Crippen molar-refractivity contribution in [1.29, 1.82) is 0 Å². The first-order chi connectivity index (χ1) is 8.97. The molecule has 3 unspecified atom stereocenters. The molecule has 0 N–H and O–H groups in total. The van der Waals surface area contributed by atoms with Crippen molar-refractivity contribution >= 4 is 18.5 Å². The predicted molar refractivity (Wildman–Crippen MR) is 81.5 cm³/mol. The van der Waals surface area contributed by atoms with Crippen molar-refractivity contribution in [3.63, 3.8) is 0 Å². The van der Waals surface area contributed by atoms with E-state index < -0.39 is 0 Å². The van der Waals surface area contributed by atoms with Gasteiger partial charge in [0.15, 0.2) is 0 Å². The molecule has 1 aliphatic rings. The Morgan fingerprint density at radius 1 is 1.26 bits per heavy atom. The zero-order valence-electron chi connectivity index (χ0n) is 12.0. The molecule has 1 fully saturated rings. The number of hydrogen-bond donors (Lipinski definition) is 1. The summed E-state index contributed by atoms with van der Waals surface area (Å²) in [7, 11) is 0. The zero-order chi connectivity index (χ0) is 14.0. The highest BCUT2D eigenvalue weighted by Gasteiger charge is 2.31. The van der Waals surface area contributed by atoms with Gasteiger partial charge in [-0.15, -0.1) is 12.6 Å². The van der Waals surface area contributed by atoms with Gasteiger partial charge in [0.05, 0.1) is 6.42 Å². The first-order valence-corrected chi connectivity index (χ1v) is 7.49. The van der Waals surface area contributed by atoms with E-state index in [-0.39, 0.29) is 5.91 Å². The summed E-state index contributed by atoms with van der Waals surface area (Å²) >= 11 is 4.27. The summed E-state index contributed by atoms with van der Waals surface area (Å²) in [4.78, 5) is 15.5. The zero-order valence-corrected chi connectivity index (χ0v) is 12.9. The molecule has 0 radical (unpaired) electrons. The summed E-state index contributed by atoms with van der Waals surface area (Å²) in [6, 6.07) is 8.21. The van der Waals surface area contributed by atoms with Gasteiger partial charge in [-0.05, 0) is 42.9 Å². The summed E-state index contributed by atoms with van der Waals surface area (Å²) < 4.78 is 0. The van der Waals surface area contributed by atoms with Crippen LogP contribution in [0, 0.1) is 11.8 Å². The standard InChI is InChI=1S/C16H23NOS/c1-11-8-12(2)13(3)17(10-11)16(18)9-14-4-6-15(19)7-5-14/h4-7,11-13,19H,8-10H2,1-3H3. The SMILES string of the molecule is CC1CC(C)C(C)N(C(=O)Cc2ccc(S)cc2)C1. The molecule has 2 rings (SSSR count). The second-order valence-corrected chi connectivity index (χ2v) is 6.46. The highest BCUT2D eigenvalue weighted by molar-refractivity contribution is 7.80. The fourth-order valence-electron chi connectivity index (χ4n) is 2.93. The number of rotatable bonds is 2. The van der Waals surface area contributed by atoms with Crippen LogP contribution in [-0.2, 0) is 11.2 Å². The Hall–Kier alpha value is -0.960. The lowest BCUT2D eigenvalue weighted by atomic mass is 9.85. The number of thiol groups is 1. The Bertz CT molecular complexity index is 443. The maximum atomic E-state index is 12.5. The first-order valence-electron chi connectivity index (χ1n) is 7.04. The van der Waals surface area contributed by atoms with E-state index in [1.54, 1.807) is 0 Å². The molecule has 0 aromatic heterocycles. The van der Waals surface area contributed by atoms with Gasteiger partial charge in [0.2, 0.25) is 5.91 Å². The largest absolute Gasteiger partial charge is 0.339 e. The maximum Gasteiger partial charge on any atom is 0.227 e. The fourth-order valence-corrected chi connectivity index (χ4v) is 3.08. The predicted octanol–water partition coefficient (Wildman–Crippen LogP) is 3.41. The van der Waals surface area contributed by atoms with Crippen molar-refractivity contribution < 1.29 is 4.79 Å². The monoisotopic (exact) mass is 277 g/mol. The van der Waals surface area contributed by atoms with Crippen molar-refractivity contribution in [3.05, 3.63) is 29.8 Å². The lowest BCUT2D eigenvalue weighted by Crippen LogP contribution is -2.49. The molecular formula is C16H23NOS. The van der Waals surface area contributed by atoms with Gasteiger partial charge < -0.3 is 4.90 Å². The number of amides is 1. The molecule has 0 saturated carbocycles. The van der Waals surface area contributed by atoms with E-state index >= 15 is 0 Å². The van der Waals surface area contributed by atoms with Crippen LogP contribution < -0.4 is 0 Å². The van der Waals surface area contributed by atoms with E-state index in [1.165, 1.54) is 6.42 Å². The van der Waals surface area contributed by atoms with Gasteiger partial charge in [0, 0.05) is 17.5 Å². The number of piperidine rings is 1. The quantitative estimate of drug-likeness (QED) is 0.821. The second-order valence-electron chi connectivity index (χ2n) is 5.95. The third-order valence-corrected chi connectivity index (χ3v) is 4.51. The van der Waals surface area contributed by atoms with E-state index in [2.05, 4.69) is 38.3 Å². The Morgan fingerprint density at radius 2 is 1.89 bits per heavy atom. The van der Waals surface area contributed by atoms with Crippen LogP contribution in [0.2, 0.25) is 0 Å². The van der Waals surface area contributed by atoms with Gasteiger partial charge in [-0.3, -0.25) is 4.79 Å². The lowest BCUT2D eigenvalue weighted by Gasteiger charge is -2.41. The fraction of sp³-hybridized carbons (Fsp3) is 0.562. The van der Waals surface area contributed by atoms with Gasteiger partial charge >= 0.3 is 0 Å². The maximum absolute atomic E-state index is 12.5. The van der Waals surface area contributed by atoms with E-state index in [0.717, 1.165) is 17.0 Å². The Labute approximate surface area is 121 Å². The minimum atomic E-state index is 0.248. The molecule has 1 saturated heterocycles. The molecule has 1 amide bonds. The Morgan fingerprint density at radius 3 is 2.53 bits per heavy atom. The van der Waals surface area contributed by atoms with Crippen molar-refractivity contribution in [2.24, 2.45) is 11.8 Å². The van der Waals surface area contributed by atoms with Crippen molar-refractivity contribution in [1.82, 2.24) is 4.90 Å². The second kappa shape index (κ2) is 6.00. The number of likely N-dealkylation sites (tertiary alicyclic amines) is 1. The molecule has 1 heterocycles. The van der Waals surface area contributed by atoms with Crippen molar-refractivity contribution in [2.45, 2.75) is 44.6 Å². The van der Waals surface area contributed by atoms with Crippen LogP contribution in [0.25, 0.3) is 0 Å². The molecule has 19 heavy (non-hydrogen) atoms. The van der Waals surface area contributed by atoms with Gasteiger partial charge in [0.25, 0.3) is 0 Å². The average Bonchev–Trinajstić information content (AvgIpc) is 2.36. The topological polar surface area (TPSA) is 20.3 Å². The van der Waals surface area contributed by atoms with Crippen LogP contribution in [0.3, 0.4) is 0 Å². The molecule has 1 aromatic carbocycles. The first kappa shape index (κ1) is 14.4. The van der Waals surface area contributed by atoms with Gasteiger partial charge in [0.1, 0.15) is 0 Å². The minimum Gasteiger partial charge on any atom is -0.339 e. The number of hydrogen-bond acceptors (Lipinski definition) is 2. The summed E-state index contributed by atoms with van der Waals surface area (Å²) in [6.07, 6.45) is 1.72. The Balaban J connectivity index is 2.04. The van der Waals surface area contributed by atoms with Crippen LogP contribution in [0.5, 0.6) is 0 Å². The molecule has 0 bridgehead atoms. The summed E-state index contributed by atoms with van der Waals surface area (Å²) in [6.45, 7) is 7.55. The third kappa shape index (κ3) is 3.53. The van der Waals surface area contributed by atoms with E-state index in [1.807, 2.05) is 24.3 Å². The number of nitrogens with zero attached hydrogens (tertiary/aromatic N) is 1. The summed E-state index contributed by atoms with van der Waals surface area (Å²) in [5, 5.41) is 0. The average molecular weight is 277 g/mol. The van der Waals surface area contributed by atoms with Crippen LogP contribution in [0.15, 0.2) is 29.2 Å². The number of carbonyl (C=O) groups is 1. The van der Waals surface area contributed by atoms with Crippen LogP contribution in [0.1, 0.15) is 32.8 Å². The van der Waals surface area contributed by atoms with Crippen LogP contribution in [0.4, 0.5) is 0 Å². The molecule has 0 aliphatic carbocycles. The molecule has 3 heteroatoms. The number of carbonyl (C=O) groups excluding carboxylic acids is 1. The minimum absolute atomic E-state index is 0.248. The van der Waals surface area contributed by atoms with Crippen molar-refractivity contribution in [2.75, 3.05) is 6.54 Å². The summed E-state index contributed by atoms with van der Waals surface area (Å²) in [5.41, 5.74) is 1.07. The van der Waals surface area contributed by atoms with Crippen LogP contribution in [-0.4, -0.2) is 23.4 Å². The number of benzene rings is 1. The molecular weight excluding hydrogens is 254 g/mol. The molecule has 3 atom stereocenters. The highest BCUT2D eigenvalue weighted by atomic mass is 32.1. The molecule has 104 valence electrons. The third-order valence-electron chi connectivity index (χ3n) is 4.21. The molecule has 1 aromatic rings. The van der Waals surface area contributed by atoms with E-state index in [0.29, 0.717) is 24.3 Å². The van der Waals surface area contributed by atoms with E-state index in [4.69, 9.17) is 0 Å². The summed E-state index contributed by atoms with van der Waals surface area (Å²) in [5.74, 6) is 1.44. The smallest absolute Gasteiger partial charge is 0.227 e. The van der Waals surface area contributed by atoms with Gasteiger partial charge in [-0.1, -0.05) is 26.0 Å². The lowest BCUT2D eigenvalue weighted by molar-refractivity contribution is -0.136. The highest BCUT2D eigenvalue weighted by Crippen LogP contribution is 2.27. The molecule has 1 aliphatic heterocycles. The Kier molecular flexibility index (Phi) is 4.56. The van der Waals surface area contributed by atoms with Crippen LogP contribution >= 0.6 is 12.6 Å². The normalized spacial score (nSPS) is 27.4. The van der Waals surface area contributed by atoms with Gasteiger partial charge in [-0.2, -0.15) is 0 Å².